The van der Waals surface area contributed by atoms with Gasteiger partial charge in [0.25, 0.3) is 5.91 Å². The number of hydrogen-bond donors (Lipinski definition) is 0. The molecule has 40 heavy (non-hydrogen) atoms. The molecule has 6 rings (SSSR count). The van der Waals surface area contributed by atoms with Crippen LogP contribution >= 0.6 is 11.6 Å². The van der Waals surface area contributed by atoms with Gasteiger partial charge in [0.15, 0.2) is 16.9 Å². The van der Waals surface area contributed by atoms with Crippen LogP contribution < -0.4 is 14.9 Å². The molecule has 0 bridgehead atoms. The highest BCUT2D eigenvalue weighted by Gasteiger charge is 2.43. The first kappa shape index (κ1) is 25.7. The Labute approximate surface area is 236 Å². The zero-order valence-corrected chi connectivity index (χ0v) is 22.6. The van der Waals surface area contributed by atoms with E-state index in [1.807, 2.05) is 67.6 Å². The maximum atomic E-state index is 13.8. The lowest BCUT2D eigenvalue weighted by Gasteiger charge is -2.26. The van der Waals surface area contributed by atoms with Gasteiger partial charge >= 0.3 is 0 Å². The highest BCUT2D eigenvalue weighted by molar-refractivity contribution is 6.30. The van der Waals surface area contributed by atoms with E-state index in [2.05, 4.69) is 0 Å². The van der Waals surface area contributed by atoms with Crippen molar-refractivity contribution in [3.63, 3.8) is 0 Å². The number of benzene rings is 4. The number of ether oxygens (including phenoxy) is 2. The summed E-state index contributed by atoms with van der Waals surface area (Å²) in [6.45, 7) is 2.96. The molecule has 0 fully saturated rings. The lowest BCUT2D eigenvalue weighted by Crippen LogP contribution is -2.29. The summed E-state index contributed by atoms with van der Waals surface area (Å²) < 4.78 is 18.1. The van der Waals surface area contributed by atoms with Gasteiger partial charge in [-0.1, -0.05) is 72.3 Å². The van der Waals surface area contributed by atoms with Gasteiger partial charge in [0, 0.05) is 11.6 Å². The Hall–Kier alpha value is -4.55. The second-order valence-corrected chi connectivity index (χ2v) is 9.98. The van der Waals surface area contributed by atoms with Gasteiger partial charge in [-0.2, -0.15) is 0 Å². The first-order valence-electron chi connectivity index (χ1n) is 13.1. The molecule has 1 aliphatic rings. The normalized spacial score (nSPS) is 14.4. The lowest BCUT2D eigenvalue weighted by atomic mass is 9.97. The minimum absolute atomic E-state index is 0.0602. The fourth-order valence-electron chi connectivity index (χ4n) is 5.08. The van der Waals surface area contributed by atoms with Crippen molar-refractivity contribution in [1.82, 2.24) is 4.90 Å². The molecule has 0 aliphatic carbocycles. The number of amides is 1. The first-order valence-corrected chi connectivity index (χ1v) is 13.5. The Balaban J connectivity index is 1.45. The van der Waals surface area contributed by atoms with E-state index < -0.39 is 6.04 Å². The van der Waals surface area contributed by atoms with E-state index in [0.29, 0.717) is 46.3 Å². The zero-order valence-electron chi connectivity index (χ0n) is 21.8. The van der Waals surface area contributed by atoms with Crippen LogP contribution in [0.1, 0.15) is 45.8 Å². The quantitative estimate of drug-likeness (QED) is 0.204. The van der Waals surface area contributed by atoms with Crippen LogP contribution in [0.5, 0.6) is 11.5 Å². The fraction of sp³-hybridized carbons (Fsp3) is 0.152. The molecule has 0 saturated heterocycles. The Morgan fingerprint density at radius 1 is 0.825 bits per heavy atom. The van der Waals surface area contributed by atoms with Gasteiger partial charge in [-0.15, -0.1) is 0 Å². The maximum absolute atomic E-state index is 13.8. The Kier molecular flexibility index (Phi) is 7.01. The van der Waals surface area contributed by atoms with Crippen LogP contribution in [0, 0.1) is 0 Å². The van der Waals surface area contributed by atoms with Gasteiger partial charge in [-0.3, -0.25) is 9.59 Å². The molecule has 1 amide bonds. The summed E-state index contributed by atoms with van der Waals surface area (Å²) in [4.78, 5) is 29.3. The number of nitrogens with zero attached hydrogens (tertiary/aromatic N) is 1. The molecule has 200 valence electrons. The largest absolute Gasteiger partial charge is 0.490 e. The number of fused-ring (bicyclic) bond motifs is 2. The molecule has 0 saturated carbocycles. The fourth-order valence-corrected chi connectivity index (χ4v) is 5.21. The van der Waals surface area contributed by atoms with E-state index in [0.717, 1.165) is 16.7 Å². The van der Waals surface area contributed by atoms with Crippen LogP contribution in [0.15, 0.2) is 106 Å². The number of hydrogen-bond acceptors (Lipinski definition) is 5. The maximum Gasteiger partial charge on any atom is 0.291 e. The molecule has 1 aromatic heterocycles. The Morgan fingerprint density at radius 3 is 2.35 bits per heavy atom. The van der Waals surface area contributed by atoms with E-state index in [1.165, 1.54) is 0 Å². The molecule has 1 atom stereocenters. The second-order valence-electron chi connectivity index (χ2n) is 9.55. The predicted octanol–water partition coefficient (Wildman–Crippen LogP) is 7.17. The predicted molar refractivity (Wildman–Crippen MR) is 154 cm³/mol. The van der Waals surface area contributed by atoms with Crippen molar-refractivity contribution < 1.29 is 18.7 Å². The Morgan fingerprint density at radius 2 is 1.57 bits per heavy atom. The van der Waals surface area contributed by atoms with Crippen LogP contribution in [0.4, 0.5) is 0 Å². The molecule has 0 spiro atoms. The van der Waals surface area contributed by atoms with Crippen molar-refractivity contribution in [2.24, 2.45) is 0 Å². The van der Waals surface area contributed by atoms with Gasteiger partial charge in [0.1, 0.15) is 12.2 Å². The van der Waals surface area contributed by atoms with Crippen LogP contribution in [0.2, 0.25) is 5.02 Å². The topological polar surface area (TPSA) is 69.0 Å². The first-order chi connectivity index (χ1) is 19.5. The minimum Gasteiger partial charge on any atom is -0.490 e. The number of carbonyl (C=O) groups excluding carboxylic acids is 1. The van der Waals surface area contributed by atoms with Crippen molar-refractivity contribution in [1.29, 1.82) is 0 Å². The third kappa shape index (κ3) is 4.82. The third-order valence-electron chi connectivity index (χ3n) is 6.96. The van der Waals surface area contributed by atoms with Crippen LogP contribution in [-0.2, 0) is 13.2 Å². The number of halogens is 1. The van der Waals surface area contributed by atoms with Crippen molar-refractivity contribution in [3.05, 3.63) is 140 Å². The van der Waals surface area contributed by atoms with Crippen LogP contribution in [0.25, 0.3) is 11.0 Å². The third-order valence-corrected chi connectivity index (χ3v) is 7.21. The van der Waals surface area contributed by atoms with Gasteiger partial charge in [0.05, 0.1) is 23.6 Å². The molecule has 6 nitrogen and oxygen atoms in total. The van der Waals surface area contributed by atoms with Crippen LogP contribution in [0.3, 0.4) is 0 Å². The summed E-state index contributed by atoms with van der Waals surface area (Å²) in [5.41, 5.74) is 3.10. The van der Waals surface area contributed by atoms with E-state index >= 15 is 0 Å². The van der Waals surface area contributed by atoms with E-state index in [1.54, 1.807) is 41.3 Å². The molecular weight excluding hydrogens is 526 g/mol. The lowest BCUT2D eigenvalue weighted by molar-refractivity contribution is 0.0714. The van der Waals surface area contributed by atoms with Crippen molar-refractivity contribution in [3.8, 4) is 11.5 Å². The van der Waals surface area contributed by atoms with Crippen molar-refractivity contribution >= 4 is 28.5 Å². The summed E-state index contributed by atoms with van der Waals surface area (Å²) in [5, 5.41) is 1.03. The number of carbonyl (C=O) groups is 1. The monoisotopic (exact) mass is 551 g/mol. The zero-order chi connectivity index (χ0) is 27.6. The molecule has 0 radical (unpaired) electrons. The summed E-state index contributed by atoms with van der Waals surface area (Å²) in [7, 11) is 0. The summed E-state index contributed by atoms with van der Waals surface area (Å²) >= 11 is 6.10. The standard InChI is InChI=1S/C33H26ClNO5/c1-2-38-28-18-23(14-17-27(28)39-20-22-8-4-3-5-9-22)30-29-31(36)25-10-6-7-11-26(25)40-32(29)33(37)35(30)19-21-12-15-24(34)16-13-21/h3-18,30H,2,19-20H2,1H3. The average Bonchev–Trinajstić information content (AvgIpc) is 3.25. The number of rotatable bonds is 8. The van der Waals surface area contributed by atoms with Gasteiger partial charge in [-0.05, 0) is 60.0 Å². The van der Waals surface area contributed by atoms with E-state index in [-0.39, 0.29) is 23.6 Å². The van der Waals surface area contributed by atoms with Crippen molar-refractivity contribution in [2.75, 3.05) is 6.61 Å². The Bertz CT molecular complexity index is 1750. The van der Waals surface area contributed by atoms with E-state index in [9.17, 15) is 9.59 Å². The highest BCUT2D eigenvalue weighted by Crippen LogP contribution is 2.42. The van der Waals surface area contributed by atoms with Gasteiger partial charge in [-0.25, -0.2) is 0 Å². The molecule has 1 aliphatic heterocycles. The molecule has 2 heterocycles. The summed E-state index contributed by atoms with van der Waals surface area (Å²) in [5.74, 6) is 0.826. The van der Waals surface area contributed by atoms with Crippen LogP contribution in [-0.4, -0.2) is 17.4 Å². The average molecular weight is 552 g/mol. The second kappa shape index (κ2) is 10.9. The highest BCUT2D eigenvalue weighted by atomic mass is 35.5. The minimum atomic E-state index is -0.679. The SMILES string of the molecule is CCOc1cc(C2c3c(oc4ccccc4c3=O)C(=O)N2Cc2ccc(Cl)cc2)ccc1OCc1ccccc1. The number of para-hydroxylation sites is 1. The molecule has 1 unspecified atom stereocenters. The van der Waals surface area contributed by atoms with Gasteiger partial charge in [0.2, 0.25) is 5.76 Å². The van der Waals surface area contributed by atoms with Crippen molar-refractivity contribution in [2.45, 2.75) is 26.1 Å². The van der Waals surface area contributed by atoms with Gasteiger partial charge < -0.3 is 18.8 Å². The molecular formula is C33H26ClNO5. The van der Waals surface area contributed by atoms with E-state index in [4.69, 9.17) is 25.5 Å². The smallest absolute Gasteiger partial charge is 0.291 e. The summed E-state index contributed by atoms with van der Waals surface area (Å²) in [6.07, 6.45) is 0. The molecule has 0 N–H and O–H groups in total. The molecule has 7 heteroatoms. The summed E-state index contributed by atoms with van der Waals surface area (Å²) in [6, 6.07) is 29.0. The molecule has 4 aromatic carbocycles. The molecule has 5 aromatic rings.